The van der Waals surface area contributed by atoms with Gasteiger partial charge in [0.1, 0.15) is 11.0 Å². The Hall–Kier alpha value is -2.08. The Morgan fingerprint density at radius 2 is 2.00 bits per heavy atom. The molecular formula is C15H18N2O3S. The Kier molecular flexibility index (Phi) is 4.80. The summed E-state index contributed by atoms with van der Waals surface area (Å²) in [5.74, 6) is 0.304. The molecule has 6 heteroatoms. The maximum Gasteiger partial charge on any atom is 0.338 e. The highest BCUT2D eigenvalue weighted by atomic mass is 32.1. The number of nitrogens with one attached hydrogen (secondary N) is 2. The van der Waals surface area contributed by atoms with E-state index < -0.39 is 0 Å². The zero-order chi connectivity index (χ0) is 15.4. The summed E-state index contributed by atoms with van der Waals surface area (Å²) < 4.78 is 10.2. The van der Waals surface area contributed by atoms with Crippen molar-refractivity contribution < 1.29 is 14.3 Å². The summed E-state index contributed by atoms with van der Waals surface area (Å²) in [5, 5.41) is 6.35. The van der Waals surface area contributed by atoms with E-state index in [0.29, 0.717) is 23.0 Å². The lowest BCUT2D eigenvalue weighted by Crippen LogP contribution is -2.42. The molecule has 0 aliphatic carbocycles. The number of benzene rings is 1. The number of ether oxygens (including phenoxy) is 2. The lowest BCUT2D eigenvalue weighted by Gasteiger charge is -2.29. The van der Waals surface area contributed by atoms with Crippen LogP contribution in [0, 0.1) is 0 Å². The van der Waals surface area contributed by atoms with Crippen LogP contribution in [-0.4, -0.2) is 24.7 Å². The van der Waals surface area contributed by atoms with Crippen molar-refractivity contribution in [3.63, 3.8) is 0 Å². The van der Waals surface area contributed by atoms with Crippen LogP contribution in [0.5, 0.6) is 0 Å². The Labute approximate surface area is 129 Å². The van der Waals surface area contributed by atoms with Crippen LogP contribution >= 0.6 is 12.2 Å². The minimum Gasteiger partial charge on any atom is -0.481 e. The maximum absolute atomic E-state index is 11.6. The van der Waals surface area contributed by atoms with Crippen LogP contribution in [0.4, 0.5) is 0 Å². The lowest BCUT2D eigenvalue weighted by molar-refractivity contribution is 0.0526. The van der Waals surface area contributed by atoms with Gasteiger partial charge in [0.2, 0.25) is 5.88 Å². The molecule has 2 N–H and O–H groups in total. The average Bonchev–Trinajstić information content (AvgIpc) is 2.49. The third kappa shape index (κ3) is 3.33. The summed E-state index contributed by atoms with van der Waals surface area (Å²) in [6.45, 7) is 4.06. The summed E-state index contributed by atoms with van der Waals surface area (Å²) in [4.78, 5) is 12.3. The zero-order valence-corrected chi connectivity index (χ0v) is 13.0. The van der Waals surface area contributed by atoms with Crippen LogP contribution in [0.15, 0.2) is 35.8 Å². The van der Waals surface area contributed by atoms with Crippen LogP contribution in [0.25, 0.3) is 0 Å². The Morgan fingerprint density at radius 3 is 2.57 bits per heavy atom. The first-order valence-corrected chi connectivity index (χ1v) is 7.07. The number of hydrogen-bond donors (Lipinski definition) is 2. The van der Waals surface area contributed by atoms with Crippen LogP contribution in [0.3, 0.4) is 0 Å². The van der Waals surface area contributed by atoms with Crippen molar-refractivity contribution in [1.29, 1.82) is 0 Å². The van der Waals surface area contributed by atoms with E-state index in [4.69, 9.17) is 21.7 Å². The van der Waals surface area contributed by atoms with E-state index in [9.17, 15) is 4.79 Å². The fourth-order valence-corrected chi connectivity index (χ4v) is 2.38. The molecule has 0 saturated heterocycles. The standard InChI is InChI=1S/C15H18N2O3S/c1-4-20-15(18)11-7-5-10(6-8-11)12-14(21)17-13(19-3)9(2)16-12/h5-8,12,16H,4H2,1-3H3,(H,17,21). The Bertz CT molecular complexity index is 581. The fourth-order valence-electron chi connectivity index (χ4n) is 2.09. The molecule has 1 heterocycles. The summed E-state index contributed by atoms with van der Waals surface area (Å²) in [6, 6.07) is 7.06. The van der Waals surface area contributed by atoms with Crippen molar-refractivity contribution in [2.45, 2.75) is 19.9 Å². The molecule has 5 nitrogen and oxygen atoms in total. The van der Waals surface area contributed by atoms with Gasteiger partial charge in [0, 0.05) is 0 Å². The number of esters is 1. The van der Waals surface area contributed by atoms with E-state index in [-0.39, 0.29) is 12.0 Å². The predicted molar refractivity (Wildman–Crippen MR) is 83.7 cm³/mol. The monoisotopic (exact) mass is 306 g/mol. The predicted octanol–water partition coefficient (Wildman–Crippen LogP) is 2.26. The molecule has 0 radical (unpaired) electrons. The van der Waals surface area contributed by atoms with Crippen LogP contribution in [-0.2, 0) is 9.47 Å². The molecule has 1 atom stereocenters. The van der Waals surface area contributed by atoms with Gasteiger partial charge in [0.25, 0.3) is 0 Å². The summed E-state index contributed by atoms with van der Waals surface area (Å²) in [5.41, 5.74) is 2.38. The van der Waals surface area contributed by atoms with Gasteiger partial charge in [-0.3, -0.25) is 0 Å². The lowest BCUT2D eigenvalue weighted by atomic mass is 10.0. The quantitative estimate of drug-likeness (QED) is 0.657. The SMILES string of the molecule is CCOC(=O)c1ccc(C2NC(C)=C(OC)NC2=S)cc1. The number of hydrogen-bond acceptors (Lipinski definition) is 5. The molecular weight excluding hydrogens is 288 g/mol. The molecule has 21 heavy (non-hydrogen) atoms. The molecule has 0 spiro atoms. The third-order valence-electron chi connectivity index (χ3n) is 3.16. The van der Waals surface area contributed by atoms with Gasteiger partial charge in [-0.25, -0.2) is 4.79 Å². The molecule has 1 aliphatic rings. The summed E-state index contributed by atoms with van der Waals surface area (Å²) in [7, 11) is 1.59. The van der Waals surface area contributed by atoms with Crippen LogP contribution < -0.4 is 10.6 Å². The van der Waals surface area contributed by atoms with E-state index >= 15 is 0 Å². The number of carbonyl (C=O) groups is 1. The van der Waals surface area contributed by atoms with Crippen molar-refractivity contribution in [3.05, 3.63) is 47.0 Å². The van der Waals surface area contributed by atoms with Crippen molar-refractivity contribution in [2.75, 3.05) is 13.7 Å². The maximum atomic E-state index is 11.6. The minimum atomic E-state index is -0.320. The summed E-state index contributed by atoms with van der Waals surface area (Å²) >= 11 is 5.35. The zero-order valence-electron chi connectivity index (χ0n) is 12.2. The van der Waals surface area contributed by atoms with Crippen molar-refractivity contribution in [2.24, 2.45) is 0 Å². The first-order valence-electron chi connectivity index (χ1n) is 6.66. The minimum absolute atomic E-state index is 0.143. The molecule has 1 aromatic carbocycles. The highest BCUT2D eigenvalue weighted by molar-refractivity contribution is 7.80. The topological polar surface area (TPSA) is 59.6 Å². The second-order valence-corrected chi connectivity index (χ2v) is 5.01. The number of thiocarbonyl (C=S) groups is 1. The highest BCUT2D eigenvalue weighted by Gasteiger charge is 2.24. The fraction of sp³-hybridized carbons (Fsp3) is 0.333. The number of carbonyl (C=O) groups excluding carboxylic acids is 1. The van der Waals surface area contributed by atoms with Crippen molar-refractivity contribution in [1.82, 2.24) is 10.6 Å². The molecule has 0 aromatic heterocycles. The van der Waals surface area contributed by atoms with Gasteiger partial charge in [0.05, 0.1) is 25.0 Å². The van der Waals surface area contributed by atoms with Crippen LogP contribution in [0.1, 0.15) is 35.8 Å². The molecule has 0 saturated carbocycles. The molecule has 112 valence electrons. The summed E-state index contributed by atoms with van der Waals surface area (Å²) in [6.07, 6.45) is 0. The van der Waals surface area contributed by atoms with Gasteiger partial charge in [-0.05, 0) is 31.5 Å². The Morgan fingerprint density at radius 1 is 1.33 bits per heavy atom. The molecule has 0 bridgehead atoms. The smallest absolute Gasteiger partial charge is 0.338 e. The molecule has 1 aromatic rings. The first-order chi connectivity index (χ1) is 10.1. The van der Waals surface area contributed by atoms with E-state index in [0.717, 1.165) is 11.3 Å². The molecule has 0 fully saturated rings. The molecule has 1 aliphatic heterocycles. The molecule has 1 unspecified atom stereocenters. The van der Waals surface area contributed by atoms with E-state index in [2.05, 4.69) is 10.6 Å². The van der Waals surface area contributed by atoms with Crippen molar-refractivity contribution in [3.8, 4) is 0 Å². The normalized spacial score (nSPS) is 17.9. The second kappa shape index (κ2) is 6.58. The van der Waals surface area contributed by atoms with Gasteiger partial charge in [-0.2, -0.15) is 0 Å². The van der Waals surface area contributed by atoms with Gasteiger partial charge in [-0.15, -0.1) is 0 Å². The highest BCUT2D eigenvalue weighted by Crippen LogP contribution is 2.21. The number of methoxy groups -OCH3 is 1. The van der Waals surface area contributed by atoms with Crippen molar-refractivity contribution >= 4 is 23.2 Å². The second-order valence-electron chi connectivity index (χ2n) is 4.57. The number of rotatable bonds is 4. The van der Waals surface area contributed by atoms with Gasteiger partial charge in [-0.1, -0.05) is 24.4 Å². The van der Waals surface area contributed by atoms with E-state index in [1.54, 1.807) is 26.2 Å². The van der Waals surface area contributed by atoms with E-state index in [1.807, 2.05) is 19.1 Å². The van der Waals surface area contributed by atoms with Gasteiger partial charge in [0.15, 0.2) is 0 Å². The molecule has 0 amide bonds. The van der Waals surface area contributed by atoms with Crippen LogP contribution in [0.2, 0.25) is 0 Å². The third-order valence-corrected chi connectivity index (χ3v) is 3.50. The largest absolute Gasteiger partial charge is 0.481 e. The first kappa shape index (κ1) is 15.3. The average molecular weight is 306 g/mol. The van der Waals surface area contributed by atoms with Gasteiger partial charge < -0.3 is 20.1 Å². The molecule has 2 rings (SSSR count). The van der Waals surface area contributed by atoms with E-state index in [1.165, 1.54) is 0 Å². The Balaban J connectivity index is 2.18. The number of allylic oxidation sites excluding steroid dienone is 1. The van der Waals surface area contributed by atoms with Gasteiger partial charge >= 0.3 is 5.97 Å².